The number of benzene rings is 1. The first-order valence-electron chi connectivity index (χ1n) is 6.43. The van der Waals surface area contributed by atoms with Crippen LogP contribution in [0.1, 0.15) is 38.3 Å². The van der Waals surface area contributed by atoms with Gasteiger partial charge in [-0.3, -0.25) is 4.90 Å². The number of piperidine rings is 1. The first-order chi connectivity index (χ1) is 7.68. The first-order valence-corrected chi connectivity index (χ1v) is 6.43. The summed E-state index contributed by atoms with van der Waals surface area (Å²) in [4.78, 5) is 2.51. The minimum Gasteiger partial charge on any atom is -0.299 e. The third-order valence-corrected chi connectivity index (χ3v) is 4.04. The van der Waals surface area contributed by atoms with Crippen molar-refractivity contribution in [2.75, 3.05) is 13.6 Å². The van der Waals surface area contributed by atoms with E-state index in [4.69, 9.17) is 0 Å². The molecule has 0 saturated carbocycles. The molecule has 0 N–H and O–H groups in total. The van der Waals surface area contributed by atoms with Crippen LogP contribution in [0, 0.1) is 11.8 Å². The van der Waals surface area contributed by atoms with Gasteiger partial charge in [0, 0.05) is 6.04 Å². The van der Waals surface area contributed by atoms with E-state index in [1.54, 1.807) is 0 Å². The molecule has 88 valence electrons. The Balaban J connectivity index is 2.13. The van der Waals surface area contributed by atoms with Crippen molar-refractivity contribution in [3.63, 3.8) is 0 Å². The van der Waals surface area contributed by atoms with Crippen molar-refractivity contribution in [1.29, 1.82) is 0 Å². The van der Waals surface area contributed by atoms with Crippen molar-refractivity contribution < 1.29 is 0 Å². The SMILES string of the molecule is CC(C)[C@H]1CCN(C)[C@@H](c2ccccc2)C1. The van der Waals surface area contributed by atoms with Gasteiger partial charge in [-0.25, -0.2) is 0 Å². The fourth-order valence-electron chi connectivity index (χ4n) is 2.78. The second-order valence-corrected chi connectivity index (χ2v) is 5.44. The number of nitrogens with zero attached hydrogens (tertiary/aromatic N) is 1. The van der Waals surface area contributed by atoms with Gasteiger partial charge in [-0.05, 0) is 43.8 Å². The van der Waals surface area contributed by atoms with E-state index in [0.29, 0.717) is 6.04 Å². The Labute approximate surface area is 99.5 Å². The molecule has 0 radical (unpaired) electrons. The van der Waals surface area contributed by atoms with E-state index in [9.17, 15) is 0 Å². The summed E-state index contributed by atoms with van der Waals surface area (Å²) < 4.78 is 0. The number of likely N-dealkylation sites (tertiary alicyclic amines) is 1. The smallest absolute Gasteiger partial charge is 0.0347 e. The van der Waals surface area contributed by atoms with E-state index in [-0.39, 0.29) is 0 Å². The Morgan fingerprint density at radius 1 is 1.19 bits per heavy atom. The summed E-state index contributed by atoms with van der Waals surface area (Å²) in [7, 11) is 2.26. The summed E-state index contributed by atoms with van der Waals surface area (Å²) in [5.74, 6) is 1.71. The Bertz CT molecular complexity index is 317. The van der Waals surface area contributed by atoms with Crippen LogP contribution in [-0.4, -0.2) is 18.5 Å². The lowest BCUT2D eigenvalue weighted by Crippen LogP contribution is -2.35. The molecule has 1 aromatic rings. The number of hydrogen-bond acceptors (Lipinski definition) is 1. The zero-order valence-electron chi connectivity index (χ0n) is 10.7. The number of hydrogen-bond donors (Lipinski definition) is 0. The van der Waals surface area contributed by atoms with Crippen molar-refractivity contribution in [2.45, 2.75) is 32.7 Å². The van der Waals surface area contributed by atoms with Gasteiger partial charge in [-0.15, -0.1) is 0 Å². The quantitative estimate of drug-likeness (QED) is 0.729. The molecule has 2 rings (SSSR count). The maximum absolute atomic E-state index is 2.51. The van der Waals surface area contributed by atoms with E-state index in [1.807, 2.05) is 0 Å². The van der Waals surface area contributed by atoms with E-state index < -0.39 is 0 Å². The Morgan fingerprint density at radius 3 is 2.50 bits per heavy atom. The minimum atomic E-state index is 0.627. The van der Waals surface area contributed by atoms with Crippen LogP contribution in [0.4, 0.5) is 0 Å². The summed E-state index contributed by atoms with van der Waals surface area (Å²) in [5.41, 5.74) is 1.48. The fourth-order valence-corrected chi connectivity index (χ4v) is 2.78. The van der Waals surface area contributed by atoms with Crippen molar-refractivity contribution >= 4 is 0 Å². The summed E-state index contributed by atoms with van der Waals surface area (Å²) in [6.07, 6.45) is 2.68. The van der Waals surface area contributed by atoms with Gasteiger partial charge >= 0.3 is 0 Å². The van der Waals surface area contributed by atoms with Crippen molar-refractivity contribution in [3.05, 3.63) is 35.9 Å². The molecule has 16 heavy (non-hydrogen) atoms. The standard InChI is InChI=1S/C15H23N/c1-12(2)14-9-10-16(3)15(11-14)13-7-5-4-6-8-13/h4-8,12,14-15H,9-11H2,1-3H3/t14-,15+/m0/s1. The van der Waals surface area contributed by atoms with E-state index in [2.05, 4.69) is 56.1 Å². The predicted octanol–water partition coefficient (Wildman–Crippen LogP) is 3.73. The molecule has 0 aliphatic carbocycles. The van der Waals surface area contributed by atoms with Crippen LogP contribution >= 0.6 is 0 Å². The maximum Gasteiger partial charge on any atom is 0.0347 e. The largest absolute Gasteiger partial charge is 0.299 e. The molecule has 1 aliphatic rings. The zero-order chi connectivity index (χ0) is 11.5. The van der Waals surface area contributed by atoms with Crippen molar-refractivity contribution in [2.24, 2.45) is 11.8 Å². The summed E-state index contributed by atoms with van der Waals surface area (Å²) >= 11 is 0. The molecule has 1 aromatic carbocycles. The molecule has 0 unspecified atom stereocenters. The first kappa shape index (κ1) is 11.7. The lowest BCUT2D eigenvalue weighted by atomic mass is 9.81. The van der Waals surface area contributed by atoms with Gasteiger partial charge in [0.25, 0.3) is 0 Å². The van der Waals surface area contributed by atoms with E-state index >= 15 is 0 Å². The monoisotopic (exact) mass is 217 g/mol. The second-order valence-electron chi connectivity index (χ2n) is 5.44. The third-order valence-electron chi connectivity index (χ3n) is 4.04. The lowest BCUT2D eigenvalue weighted by molar-refractivity contribution is 0.118. The van der Waals surface area contributed by atoms with Gasteiger partial charge < -0.3 is 0 Å². The normalized spacial score (nSPS) is 27.2. The Morgan fingerprint density at radius 2 is 1.88 bits per heavy atom. The maximum atomic E-state index is 2.51. The highest BCUT2D eigenvalue weighted by Gasteiger charge is 2.28. The van der Waals surface area contributed by atoms with Crippen LogP contribution in [0.3, 0.4) is 0 Å². The highest BCUT2D eigenvalue weighted by atomic mass is 15.1. The molecule has 0 amide bonds. The molecule has 2 atom stereocenters. The van der Waals surface area contributed by atoms with Crippen molar-refractivity contribution in [3.8, 4) is 0 Å². The van der Waals surface area contributed by atoms with Crippen LogP contribution in [-0.2, 0) is 0 Å². The van der Waals surface area contributed by atoms with Gasteiger partial charge in [-0.1, -0.05) is 44.2 Å². The fraction of sp³-hybridized carbons (Fsp3) is 0.600. The lowest BCUT2D eigenvalue weighted by Gasteiger charge is -2.39. The molecule has 1 heterocycles. The van der Waals surface area contributed by atoms with Gasteiger partial charge in [0.15, 0.2) is 0 Å². The topological polar surface area (TPSA) is 3.24 Å². The highest BCUT2D eigenvalue weighted by Crippen LogP contribution is 2.36. The summed E-state index contributed by atoms with van der Waals surface area (Å²) in [6.45, 7) is 5.96. The average Bonchev–Trinajstić information content (AvgIpc) is 2.30. The molecule has 1 fully saturated rings. The molecule has 0 bridgehead atoms. The van der Waals surface area contributed by atoms with Gasteiger partial charge in [0.1, 0.15) is 0 Å². The zero-order valence-corrected chi connectivity index (χ0v) is 10.7. The molecule has 1 saturated heterocycles. The number of rotatable bonds is 2. The van der Waals surface area contributed by atoms with Crippen LogP contribution in [0.25, 0.3) is 0 Å². The van der Waals surface area contributed by atoms with Crippen molar-refractivity contribution in [1.82, 2.24) is 4.90 Å². The average molecular weight is 217 g/mol. The highest BCUT2D eigenvalue weighted by molar-refractivity contribution is 5.19. The molecule has 1 nitrogen and oxygen atoms in total. The second kappa shape index (κ2) is 5.01. The van der Waals surface area contributed by atoms with Gasteiger partial charge in [0.05, 0.1) is 0 Å². The van der Waals surface area contributed by atoms with Crippen LogP contribution in [0.2, 0.25) is 0 Å². The summed E-state index contributed by atoms with van der Waals surface area (Å²) in [6, 6.07) is 11.6. The predicted molar refractivity (Wildman–Crippen MR) is 69.4 cm³/mol. The summed E-state index contributed by atoms with van der Waals surface area (Å²) in [5, 5.41) is 0. The van der Waals surface area contributed by atoms with Crippen LogP contribution in [0.5, 0.6) is 0 Å². The van der Waals surface area contributed by atoms with Crippen LogP contribution in [0.15, 0.2) is 30.3 Å². The molecule has 1 heteroatoms. The molecule has 0 spiro atoms. The molecule has 0 aromatic heterocycles. The van der Waals surface area contributed by atoms with Gasteiger partial charge in [-0.2, -0.15) is 0 Å². The molecular formula is C15H23N. The van der Waals surface area contributed by atoms with Crippen LogP contribution < -0.4 is 0 Å². The molecule has 1 aliphatic heterocycles. The van der Waals surface area contributed by atoms with Gasteiger partial charge in [0.2, 0.25) is 0 Å². The third kappa shape index (κ3) is 2.46. The Hall–Kier alpha value is -0.820. The minimum absolute atomic E-state index is 0.627. The van der Waals surface area contributed by atoms with E-state index in [0.717, 1.165) is 11.8 Å². The Kier molecular flexibility index (Phi) is 3.65. The molecular weight excluding hydrogens is 194 g/mol. The van der Waals surface area contributed by atoms with E-state index in [1.165, 1.54) is 24.9 Å².